The number of hydrogen-bond donors (Lipinski definition) is 2. The molecule has 24 heavy (non-hydrogen) atoms. The van der Waals surface area contributed by atoms with E-state index in [9.17, 15) is 0 Å². The van der Waals surface area contributed by atoms with Gasteiger partial charge in [-0.05, 0) is 63.4 Å². The number of halogens is 1. The van der Waals surface area contributed by atoms with Gasteiger partial charge < -0.3 is 15.5 Å². The molecule has 2 fully saturated rings. The van der Waals surface area contributed by atoms with Crippen LogP contribution in [0.1, 0.15) is 31.7 Å². The van der Waals surface area contributed by atoms with Crippen LogP contribution in [0.4, 0.5) is 0 Å². The van der Waals surface area contributed by atoms with E-state index in [1.165, 1.54) is 37.9 Å². The summed E-state index contributed by atoms with van der Waals surface area (Å²) in [5.41, 5.74) is 1.52. The number of guanidine groups is 1. The van der Waals surface area contributed by atoms with Crippen molar-refractivity contribution in [2.45, 2.75) is 31.6 Å². The summed E-state index contributed by atoms with van der Waals surface area (Å²) in [7, 11) is 2.20. The number of benzene rings is 1. The fourth-order valence-corrected chi connectivity index (χ4v) is 3.70. The van der Waals surface area contributed by atoms with Crippen LogP contribution in [0.3, 0.4) is 0 Å². The molecular formula is C19H29ClN4. The first kappa shape index (κ1) is 17.6. The van der Waals surface area contributed by atoms with Crippen LogP contribution in [0, 0.1) is 5.92 Å². The van der Waals surface area contributed by atoms with Gasteiger partial charge in [-0.1, -0.05) is 23.7 Å². The van der Waals surface area contributed by atoms with Crippen molar-refractivity contribution in [2.75, 3.05) is 39.8 Å². The second kappa shape index (κ2) is 7.75. The minimum Gasteiger partial charge on any atom is -0.357 e. The Hall–Kier alpha value is -1.26. The van der Waals surface area contributed by atoms with Crippen LogP contribution in [0.2, 0.25) is 5.02 Å². The van der Waals surface area contributed by atoms with E-state index in [1.807, 2.05) is 12.1 Å². The van der Waals surface area contributed by atoms with Crippen LogP contribution < -0.4 is 10.6 Å². The van der Waals surface area contributed by atoms with Crippen molar-refractivity contribution < 1.29 is 0 Å². The fraction of sp³-hybridized carbons (Fsp3) is 0.632. The quantitative estimate of drug-likeness (QED) is 0.613. The van der Waals surface area contributed by atoms with E-state index in [2.05, 4.69) is 41.6 Å². The molecule has 2 aliphatic rings. The highest BCUT2D eigenvalue weighted by Gasteiger charge is 2.44. The summed E-state index contributed by atoms with van der Waals surface area (Å²) in [5, 5.41) is 7.73. The first-order chi connectivity index (χ1) is 11.6. The number of rotatable bonds is 6. The Morgan fingerprint density at radius 1 is 1.38 bits per heavy atom. The lowest BCUT2D eigenvalue weighted by molar-refractivity contribution is 0.394. The van der Waals surface area contributed by atoms with Crippen molar-refractivity contribution in [3.05, 3.63) is 34.9 Å². The van der Waals surface area contributed by atoms with E-state index in [0.717, 1.165) is 36.5 Å². The standard InChI is InChI=1S/C19H29ClN4/c1-3-21-18(22-12-15-7-10-24(2)13-15)23-14-19(8-9-19)16-5-4-6-17(20)11-16/h4-6,11,15H,3,7-10,12-14H2,1-2H3,(H2,21,22,23). The highest BCUT2D eigenvalue weighted by molar-refractivity contribution is 6.30. The molecule has 4 nitrogen and oxygen atoms in total. The minimum atomic E-state index is 0.195. The van der Waals surface area contributed by atoms with Gasteiger partial charge in [-0.3, -0.25) is 4.99 Å². The molecule has 0 radical (unpaired) electrons. The first-order valence-corrected chi connectivity index (χ1v) is 9.46. The molecule has 1 heterocycles. The largest absolute Gasteiger partial charge is 0.357 e. The molecule has 0 bridgehead atoms. The van der Waals surface area contributed by atoms with Gasteiger partial charge in [-0.25, -0.2) is 0 Å². The lowest BCUT2D eigenvalue weighted by Gasteiger charge is -2.18. The van der Waals surface area contributed by atoms with E-state index >= 15 is 0 Å². The van der Waals surface area contributed by atoms with Crippen LogP contribution in [-0.2, 0) is 5.41 Å². The molecule has 1 saturated carbocycles. The van der Waals surface area contributed by atoms with Crippen LogP contribution >= 0.6 is 11.6 Å². The Bertz CT molecular complexity index is 582. The highest BCUT2D eigenvalue weighted by Crippen LogP contribution is 2.48. The lowest BCUT2D eigenvalue weighted by Crippen LogP contribution is -2.40. The monoisotopic (exact) mass is 348 g/mol. The van der Waals surface area contributed by atoms with E-state index < -0.39 is 0 Å². The third-order valence-corrected chi connectivity index (χ3v) is 5.46. The summed E-state index contributed by atoms with van der Waals surface area (Å²) in [5.74, 6) is 1.67. The van der Waals surface area contributed by atoms with Crippen molar-refractivity contribution in [1.29, 1.82) is 0 Å². The Morgan fingerprint density at radius 3 is 2.83 bits per heavy atom. The fourth-order valence-electron chi connectivity index (χ4n) is 3.51. The number of likely N-dealkylation sites (tertiary alicyclic amines) is 1. The molecular weight excluding hydrogens is 320 g/mol. The van der Waals surface area contributed by atoms with Crippen LogP contribution in [0.5, 0.6) is 0 Å². The zero-order valence-corrected chi connectivity index (χ0v) is 15.6. The number of nitrogens with zero attached hydrogens (tertiary/aromatic N) is 2. The molecule has 5 heteroatoms. The summed E-state index contributed by atoms with van der Waals surface area (Å²) in [6.45, 7) is 7.22. The summed E-state index contributed by atoms with van der Waals surface area (Å²) in [6.07, 6.45) is 3.67. The summed E-state index contributed by atoms with van der Waals surface area (Å²) in [6, 6.07) is 8.26. The van der Waals surface area contributed by atoms with Gasteiger partial charge >= 0.3 is 0 Å². The zero-order valence-electron chi connectivity index (χ0n) is 14.8. The molecule has 132 valence electrons. The topological polar surface area (TPSA) is 39.7 Å². The molecule has 0 spiro atoms. The molecule has 1 aromatic rings. The van der Waals surface area contributed by atoms with Gasteiger partial charge in [0.2, 0.25) is 0 Å². The average molecular weight is 349 g/mol. The second-order valence-electron chi connectivity index (χ2n) is 7.28. The van der Waals surface area contributed by atoms with Crippen LogP contribution in [-0.4, -0.2) is 50.6 Å². The molecule has 3 rings (SSSR count). The molecule has 2 N–H and O–H groups in total. The lowest BCUT2D eigenvalue weighted by atomic mass is 9.96. The third-order valence-electron chi connectivity index (χ3n) is 5.22. The van der Waals surface area contributed by atoms with Crippen LogP contribution in [0.25, 0.3) is 0 Å². The van der Waals surface area contributed by atoms with Gasteiger partial charge in [-0.2, -0.15) is 0 Å². The summed E-state index contributed by atoms with van der Waals surface area (Å²) < 4.78 is 0. The van der Waals surface area contributed by atoms with Gasteiger partial charge in [0.15, 0.2) is 5.96 Å². The van der Waals surface area contributed by atoms with E-state index in [4.69, 9.17) is 16.6 Å². The first-order valence-electron chi connectivity index (χ1n) is 9.08. The van der Waals surface area contributed by atoms with Crippen molar-refractivity contribution in [2.24, 2.45) is 10.9 Å². The molecule has 1 aliphatic carbocycles. The van der Waals surface area contributed by atoms with Gasteiger partial charge in [-0.15, -0.1) is 0 Å². The molecule has 1 aromatic carbocycles. The molecule has 1 atom stereocenters. The third kappa shape index (κ3) is 4.42. The summed E-state index contributed by atoms with van der Waals surface area (Å²) >= 11 is 6.16. The summed E-state index contributed by atoms with van der Waals surface area (Å²) in [4.78, 5) is 7.27. The number of hydrogen-bond acceptors (Lipinski definition) is 2. The zero-order chi connectivity index (χ0) is 17.0. The average Bonchev–Trinajstić information content (AvgIpc) is 3.25. The molecule has 0 aromatic heterocycles. The Morgan fingerprint density at radius 2 is 2.21 bits per heavy atom. The molecule has 1 aliphatic heterocycles. The van der Waals surface area contributed by atoms with Crippen LogP contribution in [0.15, 0.2) is 29.3 Å². The maximum Gasteiger partial charge on any atom is 0.191 e. The number of nitrogens with one attached hydrogen (secondary N) is 2. The Balaban J connectivity index is 1.59. The predicted molar refractivity (Wildman–Crippen MR) is 102 cm³/mol. The van der Waals surface area contributed by atoms with E-state index in [1.54, 1.807) is 0 Å². The minimum absolute atomic E-state index is 0.195. The van der Waals surface area contributed by atoms with Gasteiger partial charge in [0.25, 0.3) is 0 Å². The Kier molecular flexibility index (Phi) is 5.67. The molecule has 0 amide bonds. The smallest absolute Gasteiger partial charge is 0.191 e. The number of aliphatic imine (C=N–C) groups is 1. The van der Waals surface area contributed by atoms with Crippen molar-refractivity contribution in [3.8, 4) is 0 Å². The van der Waals surface area contributed by atoms with Crippen molar-refractivity contribution in [1.82, 2.24) is 15.5 Å². The SMILES string of the molecule is CCNC(=NCC1(c2cccc(Cl)c2)CC1)NCC1CCN(C)C1. The predicted octanol–water partition coefficient (Wildman–Crippen LogP) is 2.88. The van der Waals surface area contributed by atoms with E-state index in [0.29, 0.717) is 0 Å². The molecule has 1 saturated heterocycles. The van der Waals surface area contributed by atoms with Crippen molar-refractivity contribution >= 4 is 17.6 Å². The maximum atomic E-state index is 6.16. The highest BCUT2D eigenvalue weighted by atomic mass is 35.5. The Labute approximate surface area is 150 Å². The second-order valence-corrected chi connectivity index (χ2v) is 7.72. The van der Waals surface area contributed by atoms with Gasteiger partial charge in [0, 0.05) is 30.1 Å². The van der Waals surface area contributed by atoms with Crippen molar-refractivity contribution in [3.63, 3.8) is 0 Å². The van der Waals surface area contributed by atoms with Gasteiger partial charge in [0.05, 0.1) is 6.54 Å². The normalized spacial score (nSPS) is 23.3. The maximum absolute atomic E-state index is 6.16. The van der Waals surface area contributed by atoms with Gasteiger partial charge in [0.1, 0.15) is 0 Å². The molecule has 1 unspecified atom stereocenters. The van der Waals surface area contributed by atoms with E-state index in [-0.39, 0.29) is 5.41 Å².